The summed E-state index contributed by atoms with van der Waals surface area (Å²) in [5.41, 5.74) is 1.32. The molecule has 0 spiro atoms. The Hall–Kier alpha value is -1.55. The van der Waals surface area contributed by atoms with Gasteiger partial charge in [0.15, 0.2) is 0 Å². The number of nitrogens with zero attached hydrogens (tertiary/aromatic N) is 3. The maximum absolute atomic E-state index is 4.69. The van der Waals surface area contributed by atoms with Crippen LogP contribution >= 0.6 is 11.8 Å². The first-order valence-electron chi connectivity index (χ1n) is 7.01. The Bertz CT molecular complexity index is 555. The maximum atomic E-state index is 4.69. The lowest BCUT2D eigenvalue weighted by atomic mass is 10.2. The monoisotopic (exact) mass is 285 g/mol. The van der Waals surface area contributed by atoms with Crippen molar-refractivity contribution >= 4 is 17.6 Å². The lowest BCUT2D eigenvalue weighted by molar-refractivity contribution is 0.769. The van der Waals surface area contributed by atoms with Gasteiger partial charge >= 0.3 is 0 Å². The van der Waals surface area contributed by atoms with E-state index in [4.69, 9.17) is 4.98 Å². The third-order valence-corrected chi connectivity index (χ3v) is 4.42. The molecule has 3 rings (SSSR count). The Morgan fingerprint density at radius 1 is 1.20 bits per heavy atom. The van der Waals surface area contributed by atoms with Crippen molar-refractivity contribution in [1.29, 1.82) is 0 Å². The molecule has 2 aromatic rings. The zero-order valence-corrected chi connectivity index (χ0v) is 12.5. The predicted molar refractivity (Wildman–Crippen MR) is 84.0 cm³/mol. The molecule has 1 aromatic heterocycles. The van der Waals surface area contributed by atoms with E-state index in [1.165, 1.54) is 18.4 Å². The molecule has 0 N–H and O–H groups in total. The second-order valence-electron chi connectivity index (χ2n) is 5.31. The van der Waals surface area contributed by atoms with Gasteiger partial charge < -0.3 is 4.90 Å². The fraction of sp³-hybridized carbons (Fsp3) is 0.375. The summed E-state index contributed by atoms with van der Waals surface area (Å²) < 4.78 is 0. The van der Waals surface area contributed by atoms with Crippen LogP contribution in [0.4, 0.5) is 5.82 Å². The van der Waals surface area contributed by atoms with Crippen LogP contribution in [0.5, 0.6) is 0 Å². The predicted octanol–water partition coefficient (Wildman–Crippen LogP) is 3.62. The van der Waals surface area contributed by atoms with E-state index in [2.05, 4.69) is 41.2 Å². The second-order valence-corrected chi connectivity index (χ2v) is 6.31. The van der Waals surface area contributed by atoms with Crippen LogP contribution in [-0.4, -0.2) is 23.6 Å². The summed E-state index contributed by atoms with van der Waals surface area (Å²) in [5.74, 6) is 2.78. The Morgan fingerprint density at radius 2 is 2.00 bits per heavy atom. The summed E-state index contributed by atoms with van der Waals surface area (Å²) in [4.78, 5) is 11.2. The molecule has 104 valence electrons. The highest BCUT2D eigenvalue weighted by atomic mass is 32.2. The minimum atomic E-state index is 0.863. The van der Waals surface area contributed by atoms with E-state index in [9.17, 15) is 0 Å². The molecule has 20 heavy (non-hydrogen) atoms. The van der Waals surface area contributed by atoms with E-state index >= 15 is 0 Å². The number of hydrogen-bond acceptors (Lipinski definition) is 4. The standard InChI is InChI=1S/C16H19N3S/c1-19(11-13-7-8-13)15-9-17-10-16(18-15)20-12-14-5-3-2-4-6-14/h2-6,9-10,13H,7-8,11-12H2,1H3. The highest BCUT2D eigenvalue weighted by Gasteiger charge is 2.23. The Balaban J connectivity index is 1.61. The fourth-order valence-electron chi connectivity index (χ4n) is 2.10. The first-order chi connectivity index (χ1) is 9.81. The summed E-state index contributed by atoms with van der Waals surface area (Å²) in [6.07, 6.45) is 6.43. The number of hydrogen-bond donors (Lipinski definition) is 0. The molecule has 0 aliphatic heterocycles. The van der Waals surface area contributed by atoms with Crippen molar-refractivity contribution in [2.45, 2.75) is 23.6 Å². The molecule has 1 aromatic carbocycles. The van der Waals surface area contributed by atoms with Gasteiger partial charge in [-0.2, -0.15) is 0 Å². The molecule has 1 saturated carbocycles. The van der Waals surface area contributed by atoms with Gasteiger partial charge in [-0.1, -0.05) is 30.3 Å². The largest absolute Gasteiger partial charge is 0.358 e. The van der Waals surface area contributed by atoms with E-state index in [1.807, 2.05) is 18.5 Å². The van der Waals surface area contributed by atoms with Crippen LogP contribution in [0, 0.1) is 5.92 Å². The van der Waals surface area contributed by atoms with Crippen LogP contribution < -0.4 is 4.90 Å². The van der Waals surface area contributed by atoms with Crippen LogP contribution in [0.2, 0.25) is 0 Å². The highest BCUT2D eigenvalue weighted by Crippen LogP contribution is 2.30. The number of rotatable bonds is 6. The van der Waals surface area contributed by atoms with E-state index in [-0.39, 0.29) is 0 Å². The van der Waals surface area contributed by atoms with Gasteiger partial charge in [-0.15, -0.1) is 11.8 Å². The zero-order valence-electron chi connectivity index (χ0n) is 11.7. The zero-order chi connectivity index (χ0) is 13.8. The van der Waals surface area contributed by atoms with Gasteiger partial charge in [-0.3, -0.25) is 4.98 Å². The number of benzene rings is 1. The van der Waals surface area contributed by atoms with E-state index in [0.717, 1.165) is 29.1 Å². The summed E-state index contributed by atoms with van der Waals surface area (Å²) in [5, 5.41) is 0.994. The second kappa shape index (κ2) is 6.27. The quantitative estimate of drug-likeness (QED) is 0.758. The summed E-state index contributed by atoms with van der Waals surface area (Å²) in [7, 11) is 2.11. The van der Waals surface area contributed by atoms with E-state index < -0.39 is 0 Å². The molecule has 0 bridgehead atoms. The Labute approximate surface area is 124 Å². The third-order valence-electron chi connectivity index (χ3n) is 3.45. The lowest BCUT2D eigenvalue weighted by Crippen LogP contribution is -2.21. The van der Waals surface area contributed by atoms with E-state index in [0.29, 0.717) is 0 Å². The van der Waals surface area contributed by atoms with Crippen molar-refractivity contribution in [2.24, 2.45) is 5.92 Å². The summed E-state index contributed by atoms with van der Waals surface area (Å²) >= 11 is 1.74. The van der Waals surface area contributed by atoms with Crippen LogP contribution in [-0.2, 0) is 5.75 Å². The van der Waals surface area contributed by atoms with Gasteiger partial charge in [-0.25, -0.2) is 4.98 Å². The smallest absolute Gasteiger partial charge is 0.148 e. The van der Waals surface area contributed by atoms with Crippen molar-refractivity contribution in [2.75, 3.05) is 18.5 Å². The molecule has 1 aliphatic carbocycles. The minimum Gasteiger partial charge on any atom is -0.358 e. The SMILES string of the molecule is CN(CC1CC1)c1cncc(SCc2ccccc2)n1. The average Bonchev–Trinajstić information content (AvgIpc) is 3.30. The summed E-state index contributed by atoms with van der Waals surface area (Å²) in [6.45, 7) is 1.10. The lowest BCUT2D eigenvalue weighted by Gasteiger charge is -2.17. The van der Waals surface area contributed by atoms with Crippen LogP contribution in [0.25, 0.3) is 0 Å². The molecular formula is C16H19N3S. The maximum Gasteiger partial charge on any atom is 0.148 e. The molecule has 0 radical (unpaired) electrons. The first kappa shape index (κ1) is 13.4. The van der Waals surface area contributed by atoms with Crippen LogP contribution in [0.3, 0.4) is 0 Å². The summed E-state index contributed by atoms with van der Waals surface area (Å²) in [6, 6.07) is 10.5. The van der Waals surface area contributed by atoms with Crippen LogP contribution in [0.15, 0.2) is 47.8 Å². The molecule has 0 saturated heterocycles. The van der Waals surface area contributed by atoms with Crippen molar-refractivity contribution in [1.82, 2.24) is 9.97 Å². The normalized spacial score (nSPS) is 14.2. The molecule has 3 nitrogen and oxygen atoms in total. The van der Waals surface area contributed by atoms with Crippen molar-refractivity contribution in [3.8, 4) is 0 Å². The van der Waals surface area contributed by atoms with Crippen molar-refractivity contribution in [3.63, 3.8) is 0 Å². The molecule has 1 aliphatic rings. The van der Waals surface area contributed by atoms with Gasteiger partial charge in [0.2, 0.25) is 0 Å². The molecule has 0 amide bonds. The fourth-order valence-corrected chi connectivity index (χ4v) is 2.91. The van der Waals surface area contributed by atoms with E-state index in [1.54, 1.807) is 11.8 Å². The van der Waals surface area contributed by atoms with Crippen LogP contribution in [0.1, 0.15) is 18.4 Å². The number of anilines is 1. The Morgan fingerprint density at radius 3 is 2.75 bits per heavy atom. The number of aromatic nitrogens is 2. The van der Waals surface area contributed by atoms with Gasteiger partial charge in [0.1, 0.15) is 10.8 Å². The van der Waals surface area contributed by atoms with Gasteiger partial charge in [0.25, 0.3) is 0 Å². The molecule has 4 heteroatoms. The van der Waals surface area contributed by atoms with Gasteiger partial charge in [0.05, 0.1) is 12.4 Å². The third kappa shape index (κ3) is 3.73. The first-order valence-corrected chi connectivity index (χ1v) is 8.00. The molecule has 0 unspecified atom stereocenters. The molecule has 1 heterocycles. The van der Waals surface area contributed by atoms with Gasteiger partial charge in [-0.05, 0) is 24.3 Å². The molecule has 1 fully saturated rings. The average molecular weight is 285 g/mol. The highest BCUT2D eigenvalue weighted by molar-refractivity contribution is 7.98. The molecule has 0 atom stereocenters. The van der Waals surface area contributed by atoms with Gasteiger partial charge in [0, 0.05) is 19.3 Å². The topological polar surface area (TPSA) is 29.0 Å². The van der Waals surface area contributed by atoms with Crippen molar-refractivity contribution in [3.05, 3.63) is 48.3 Å². The molecular weight excluding hydrogens is 266 g/mol. The van der Waals surface area contributed by atoms with Crippen molar-refractivity contribution < 1.29 is 0 Å². The Kier molecular flexibility index (Phi) is 4.21. The minimum absolute atomic E-state index is 0.863. The number of thioether (sulfide) groups is 1.